The number of benzene rings is 1. The van der Waals surface area contributed by atoms with E-state index >= 15 is 0 Å². The molecular weight excluding hydrogens is 275 g/mol. The summed E-state index contributed by atoms with van der Waals surface area (Å²) in [6.07, 6.45) is 0. The minimum atomic E-state index is -0.218. The molecule has 2 heteroatoms. The highest BCUT2D eigenvalue weighted by atomic mass is 127. The van der Waals surface area contributed by atoms with Crippen LogP contribution in [0.25, 0.3) is 5.76 Å². The maximum atomic E-state index is 5.70. The number of halogens is 1. The number of hydrogen-bond acceptors (Lipinski definition) is 1. The lowest BCUT2D eigenvalue weighted by Crippen LogP contribution is -2.15. The van der Waals surface area contributed by atoms with E-state index in [2.05, 4.69) is 55.2 Å². The third-order valence-electron chi connectivity index (χ3n) is 2.29. The van der Waals surface area contributed by atoms with Crippen molar-refractivity contribution in [1.29, 1.82) is 0 Å². The van der Waals surface area contributed by atoms with Gasteiger partial charge in [-0.3, -0.25) is 0 Å². The second-order valence-electron chi connectivity index (χ2n) is 3.70. The van der Waals surface area contributed by atoms with Crippen LogP contribution in [0.15, 0.2) is 24.8 Å². The minimum Gasteiger partial charge on any atom is -0.483 e. The van der Waals surface area contributed by atoms with Gasteiger partial charge in [-0.1, -0.05) is 18.7 Å². The van der Waals surface area contributed by atoms with E-state index in [1.165, 1.54) is 9.13 Å². The highest BCUT2D eigenvalue weighted by Crippen LogP contribution is 2.43. The summed E-state index contributed by atoms with van der Waals surface area (Å²) in [6.45, 7) is 8.06. The highest BCUT2D eigenvalue weighted by Gasteiger charge is 2.35. The molecule has 2 rings (SSSR count). The first-order chi connectivity index (χ1) is 6.02. The van der Waals surface area contributed by atoms with E-state index in [0.29, 0.717) is 0 Å². The van der Waals surface area contributed by atoms with Gasteiger partial charge < -0.3 is 4.74 Å². The Morgan fingerprint density at radius 1 is 1.38 bits per heavy atom. The van der Waals surface area contributed by atoms with Gasteiger partial charge in [-0.2, -0.15) is 0 Å². The molecular formula is C11H11IO. The van der Waals surface area contributed by atoms with Crippen LogP contribution >= 0.6 is 22.6 Å². The van der Waals surface area contributed by atoms with Crippen LogP contribution in [0, 0.1) is 3.57 Å². The van der Waals surface area contributed by atoms with Crippen LogP contribution in [-0.4, -0.2) is 0 Å². The second-order valence-corrected chi connectivity index (χ2v) is 4.86. The Bertz CT molecular complexity index is 380. The smallest absolute Gasteiger partial charge is 0.130 e. The molecule has 68 valence electrons. The normalized spacial score (nSPS) is 18.2. The van der Waals surface area contributed by atoms with E-state index in [9.17, 15) is 0 Å². The zero-order chi connectivity index (χ0) is 9.64. The lowest BCUT2D eigenvalue weighted by molar-refractivity contribution is 0.0928. The summed E-state index contributed by atoms with van der Waals surface area (Å²) in [5.74, 6) is 0.790. The van der Waals surface area contributed by atoms with Gasteiger partial charge in [0.1, 0.15) is 11.4 Å². The van der Waals surface area contributed by atoms with Crippen molar-refractivity contribution < 1.29 is 4.74 Å². The number of rotatable bonds is 0. The average Bonchev–Trinajstić information content (AvgIpc) is 2.24. The molecule has 0 atom stereocenters. The molecule has 1 aromatic rings. The third-order valence-corrected chi connectivity index (χ3v) is 3.19. The van der Waals surface area contributed by atoms with Gasteiger partial charge in [0.25, 0.3) is 0 Å². The molecule has 0 saturated carbocycles. The fourth-order valence-corrected chi connectivity index (χ4v) is 2.93. The Labute approximate surface area is 91.9 Å². The van der Waals surface area contributed by atoms with Crippen molar-refractivity contribution in [1.82, 2.24) is 0 Å². The fraction of sp³-hybridized carbons (Fsp3) is 0.273. The molecule has 0 aliphatic carbocycles. The summed E-state index contributed by atoms with van der Waals surface area (Å²) < 4.78 is 6.95. The summed E-state index contributed by atoms with van der Waals surface area (Å²) >= 11 is 2.34. The predicted octanol–water partition coefficient (Wildman–Crippen LogP) is 3.53. The lowest BCUT2D eigenvalue weighted by Gasteiger charge is -2.19. The maximum absolute atomic E-state index is 5.70. The zero-order valence-electron chi connectivity index (χ0n) is 7.73. The topological polar surface area (TPSA) is 9.23 Å². The van der Waals surface area contributed by atoms with E-state index in [4.69, 9.17) is 4.74 Å². The van der Waals surface area contributed by atoms with E-state index in [-0.39, 0.29) is 5.60 Å². The first-order valence-corrected chi connectivity index (χ1v) is 5.27. The Hall–Kier alpha value is -0.510. The highest BCUT2D eigenvalue weighted by molar-refractivity contribution is 14.1. The van der Waals surface area contributed by atoms with Crippen LogP contribution < -0.4 is 0 Å². The average molecular weight is 286 g/mol. The minimum absolute atomic E-state index is 0.218. The third kappa shape index (κ3) is 1.27. The van der Waals surface area contributed by atoms with Gasteiger partial charge >= 0.3 is 0 Å². The summed E-state index contributed by atoms with van der Waals surface area (Å²) in [4.78, 5) is 0. The molecule has 0 saturated heterocycles. The molecule has 0 bridgehead atoms. The molecule has 1 heterocycles. The van der Waals surface area contributed by atoms with Crippen molar-refractivity contribution in [3.8, 4) is 0 Å². The first-order valence-electron chi connectivity index (χ1n) is 4.19. The Morgan fingerprint density at radius 2 is 2.08 bits per heavy atom. The molecule has 0 radical (unpaired) electrons. The van der Waals surface area contributed by atoms with Gasteiger partial charge in [-0.05, 0) is 42.5 Å². The Morgan fingerprint density at radius 3 is 2.69 bits per heavy atom. The van der Waals surface area contributed by atoms with Gasteiger partial charge in [0.2, 0.25) is 0 Å². The maximum Gasteiger partial charge on any atom is 0.130 e. The van der Waals surface area contributed by atoms with Crippen molar-refractivity contribution in [2.24, 2.45) is 0 Å². The molecule has 0 N–H and O–H groups in total. The molecule has 0 spiro atoms. The molecule has 0 aromatic heterocycles. The number of ether oxygens (including phenoxy) is 1. The molecule has 1 aromatic carbocycles. The molecule has 13 heavy (non-hydrogen) atoms. The first kappa shape index (κ1) is 9.06. The van der Waals surface area contributed by atoms with Gasteiger partial charge in [0, 0.05) is 14.7 Å². The molecule has 0 amide bonds. The quantitative estimate of drug-likeness (QED) is 0.663. The van der Waals surface area contributed by atoms with E-state index in [1.54, 1.807) is 0 Å². The summed E-state index contributed by atoms with van der Waals surface area (Å²) in [5.41, 5.74) is 2.20. The SMILES string of the molecule is C=C1OC(C)(C)c2c(I)cccc21. The number of hydrogen-bond donors (Lipinski definition) is 0. The lowest BCUT2D eigenvalue weighted by atomic mass is 9.96. The van der Waals surface area contributed by atoms with Gasteiger partial charge in [-0.25, -0.2) is 0 Å². The Kier molecular flexibility index (Phi) is 1.91. The van der Waals surface area contributed by atoms with Crippen molar-refractivity contribution in [3.05, 3.63) is 39.5 Å². The van der Waals surface area contributed by atoms with Crippen LogP contribution in [0.5, 0.6) is 0 Å². The molecule has 0 unspecified atom stereocenters. The molecule has 1 aliphatic rings. The predicted molar refractivity (Wildman–Crippen MR) is 62.3 cm³/mol. The standard InChI is InChI=1S/C11H11IO/c1-7-8-5-4-6-9(12)10(8)11(2,3)13-7/h4-6H,1H2,2-3H3. The van der Waals surface area contributed by atoms with Gasteiger partial charge in [0.15, 0.2) is 0 Å². The van der Waals surface area contributed by atoms with E-state index < -0.39 is 0 Å². The van der Waals surface area contributed by atoms with Crippen LogP contribution in [-0.2, 0) is 10.3 Å². The number of fused-ring (bicyclic) bond motifs is 1. The Balaban J connectivity index is 2.73. The van der Waals surface area contributed by atoms with E-state index in [1.807, 2.05) is 6.07 Å². The summed E-state index contributed by atoms with van der Waals surface area (Å²) in [5, 5.41) is 0. The molecule has 1 nitrogen and oxygen atoms in total. The molecule has 0 fully saturated rings. The summed E-state index contributed by atoms with van der Waals surface area (Å²) in [7, 11) is 0. The zero-order valence-corrected chi connectivity index (χ0v) is 9.88. The second kappa shape index (κ2) is 2.74. The molecule has 1 aliphatic heterocycles. The summed E-state index contributed by atoms with van der Waals surface area (Å²) in [6, 6.07) is 6.20. The van der Waals surface area contributed by atoms with E-state index in [0.717, 1.165) is 11.3 Å². The van der Waals surface area contributed by atoms with Crippen molar-refractivity contribution in [2.75, 3.05) is 0 Å². The van der Waals surface area contributed by atoms with Gasteiger partial charge in [-0.15, -0.1) is 0 Å². The van der Waals surface area contributed by atoms with Crippen LogP contribution in [0.2, 0.25) is 0 Å². The van der Waals surface area contributed by atoms with Gasteiger partial charge in [0.05, 0.1) is 0 Å². The van der Waals surface area contributed by atoms with Crippen molar-refractivity contribution >= 4 is 28.4 Å². The van der Waals surface area contributed by atoms with Crippen LogP contribution in [0.1, 0.15) is 25.0 Å². The largest absolute Gasteiger partial charge is 0.483 e. The van der Waals surface area contributed by atoms with Crippen LogP contribution in [0.4, 0.5) is 0 Å². The van der Waals surface area contributed by atoms with Crippen LogP contribution in [0.3, 0.4) is 0 Å². The monoisotopic (exact) mass is 286 g/mol. The van der Waals surface area contributed by atoms with Crippen molar-refractivity contribution in [3.63, 3.8) is 0 Å². The van der Waals surface area contributed by atoms with Crippen molar-refractivity contribution in [2.45, 2.75) is 19.4 Å². The fourth-order valence-electron chi connectivity index (χ4n) is 1.78.